The zero-order valence-electron chi connectivity index (χ0n) is 10.5. The Labute approximate surface area is 110 Å². The summed E-state index contributed by atoms with van der Waals surface area (Å²) < 4.78 is 4.98. The fourth-order valence-corrected chi connectivity index (χ4v) is 2.08. The fraction of sp³-hybridized carbons (Fsp3) is 0.231. The van der Waals surface area contributed by atoms with Crippen molar-refractivity contribution in [3.05, 3.63) is 41.3 Å². The molecule has 0 fully saturated rings. The number of nitrogens with one attached hydrogen (secondary N) is 1. The van der Waals surface area contributed by atoms with Crippen LogP contribution in [0.5, 0.6) is 0 Å². The van der Waals surface area contributed by atoms with E-state index in [1.807, 2.05) is 30.5 Å². The summed E-state index contributed by atoms with van der Waals surface area (Å²) in [4.78, 5) is 13.2. The van der Waals surface area contributed by atoms with Gasteiger partial charge in [0.05, 0.1) is 5.69 Å². The Morgan fingerprint density at radius 3 is 2.44 bits per heavy atom. The molecule has 1 aromatic heterocycles. The molecule has 1 amide bonds. The van der Waals surface area contributed by atoms with E-state index >= 15 is 0 Å². The summed E-state index contributed by atoms with van der Waals surface area (Å²) in [6.07, 6.45) is 2.01. The molecule has 1 heterocycles. The lowest BCUT2D eigenvalue weighted by molar-refractivity contribution is 0.102. The van der Waals surface area contributed by atoms with Gasteiger partial charge in [0.2, 0.25) is 0 Å². The van der Waals surface area contributed by atoms with Gasteiger partial charge in [-0.2, -0.15) is 0 Å². The molecule has 0 atom stereocenters. The first-order valence-electron chi connectivity index (χ1n) is 5.50. The largest absolute Gasteiger partial charge is 0.361 e. The third-order valence-corrected chi connectivity index (χ3v) is 3.35. The van der Waals surface area contributed by atoms with E-state index < -0.39 is 0 Å². The van der Waals surface area contributed by atoms with E-state index in [2.05, 4.69) is 10.5 Å². The Morgan fingerprint density at radius 2 is 1.94 bits per heavy atom. The van der Waals surface area contributed by atoms with Gasteiger partial charge in [0.25, 0.3) is 5.91 Å². The zero-order valence-corrected chi connectivity index (χ0v) is 11.3. The normalized spacial score (nSPS) is 10.4. The van der Waals surface area contributed by atoms with Crippen molar-refractivity contribution in [2.75, 3.05) is 11.6 Å². The smallest absolute Gasteiger partial charge is 0.261 e. The van der Waals surface area contributed by atoms with Crippen LogP contribution in [0.3, 0.4) is 0 Å². The van der Waals surface area contributed by atoms with Gasteiger partial charge in [0.15, 0.2) is 0 Å². The first-order chi connectivity index (χ1) is 8.61. The van der Waals surface area contributed by atoms with Gasteiger partial charge < -0.3 is 9.84 Å². The number of aryl methyl sites for hydroxylation is 2. The van der Waals surface area contributed by atoms with Gasteiger partial charge in [-0.1, -0.05) is 5.16 Å². The van der Waals surface area contributed by atoms with Crippen LogP contribution in [0.1, 0.15) is 21.8 Å². The summed E-state index contributed by atoms with van der Waals surface area (Å²) in [6.45, 7) is 3.48. The van der Waals surface area contributed by atoms with E-state index in [4.69, 9.17) is 4.52 Å². The number of anilines is 1. The van der Waals surface area contributed by atoms with Crippen molar-refractivity contribution in [3.8, 4) is 0 Å². The fourth-order valence-electron chi connectivity index (χ4n) is 1.68. The molecule has 0 unspecified atom stereocenters. The van der Waals surface area contributed by atoms with Gasteiger partial charge in [-0.15, -0.1) is 11.8 Å². The monoisotopic (exact) mass is 262 g/mol. The average molecular weight is 262 g/mol. The van der Waals surface area contributed by atoms with Crippen LogP contribution in [-0.2, 0) is 0 Å². The molecule has 2 rings (SSSR count). The highest BCUT2D eigenvalue weighted by atomic mass is 32.2. The molecule has 0 spiro atoms. The molecule has 0 bridgehead atoms. The molecular weight excluding hydrogens is 248 g/mol. The number of benzene rings is 1. The molecule has 4 nitrogen and oxygen atoms in total. The van der Waals surface area contributed by atoms with E-state index in [0.29, 0.717) is 17.0 Å². The van der Waals surface area contributed by atoms with E-state index in [1.165, 1.54) is 0 Å². The molecule has 5 heteroatoms. The maximum absolute atomic E-state index is 12.1. The Kier molecular flexibility index (Phi) is 3.72. The predicted molar refractivity (Wildman–Crippen MR) is 72.2 cm³/mol. The van der Waals surface area contributed by atoms with Crippen molar-refractivity contribution in [2.24, 2.45) is 0 Å². The SMILES string of the molecule is CSc1ccc(NC(=O)c2c(C)noc2C)cc1. The summed E-state index contributed by atoms with van der Waals surface area (Å²) in [6, 6.07) is 7.69. The van der Waals surface area contributed by atoms with Crippen molar-refractivity contribution in [2.45, 2.75) is 18.7 Å². The Bertz CT molecular complexity index is 541. The molecule has 0 saturated heterocycles. The summed E-state index contributed by atoms with van der Waals surface area (Å²) >= 11 is 1.66. The van der Waals surface area contributed by atoms with E-state index in [1.54, 1.807) is 25.6 Å². The molecule has 2 aromatic rings. The maximum atomic E-state index is 12.1. The molecule has 18 heavy (non-hydrogen) atoms. The summed E-state index contributed by atoms with van der Waals surface area (Å²) in [5.74, 6) is 0.342. The third kappa shape index (κ3) is 2.56. The summed E-state index contributed by atoms with van der Waals surface area (Å²) in [7, 11) is 0. The van der Waals surface area contributed by atoms with Crippen LogP contribution in [0.15, 0.2) is 33.7 Å². The number of nitrogens with zero attached hydrogens (tertiary/aromatic N) is 1. The second-order valence-electron chi connectivity index (χ2n) is 3.88. The van der Waals surface area contributed by atoms with Crippen LogP contribution in [0.25, 0.3) is 0 Å². The number of carbonyl (C=O) groups excluding carboxylic acids is 1. The molecule has 0 radical (unpaired) electrons. The second kappa shape index (κ2) is 5.27. The minimum Gasteiger partial charge on any atom is -0.361 e. The number of carbonyl (C=O) groups is 1. The van der Waals surface area contributed by atoms with Gasteiger partial charge >= 0.3 is 0 Å². The van der Waals surface area contributed by atoms with Crippen molar-refractivity contribution >= 4 is 23.4 Å². The molecule has 0 saturated carbocycles. The number of aromatic nitrogens is 1. The predicted octanol–water partition coefficient (Wildman–Crippen LogP) is 3.27. The first-order valence-corrected chi connectivity index (χ1v) is 6.72. The number of thioether (sulfide) groups is 1. The van der Waals surface area contributed by atoms with Crippen molar-refractivity contribution in [3.63, 3.8) is 0 Å². The van der Waals surface area contributed by atoms with E-state index in [9.17, 15) is 4.79 Å². The van der Waals surface area contributed by atoms with E-state index in [0.717, 1.165) is 10.6 Å². The molecule has 0 aliphatic carbocycles. The third-order valence-electron chi connectivity index (χ3n) is 2.61. The van der Waals surface area contributed by atoms with Gasteiger partial charge in [-0.3, -0.25) is 4.79 Å². The first kappa shape index (κ1) is 12.7. The minimum absolute atomic E-state index is 0.192. The lowest BCUT2D eigenvalue weighted by atomic mass is 10.2. The molecule has 0 aliphatic rings. The highest BCUT2D eigenvalue weighted by molar-refractivity contribution is 7.98. The molecule has 1 N–H and O–H groups in total. The minimum atomic E-state index is -0.192. The maximum Gasteiger partial charge on any atom is 0.261 e. The van der Waals surface area contributed by atoms with Crippen molar-refractivity contribution < 1.29 is 9.32 Å². The highest BCUT2D eigenvalue weighted by Crippen LogP contribution is 2.19. The quantitative estimate of drug-likeness (QED) is 0.862. The Balaban J connectivity index is 2.16. The van der Waals surface area contributed by atoms with Crippen LogP contribution < -0.4 is 5.32 Å². The molecule has 0 aliphatic heterocycles. The van der Waals surface area contributed by atoms with Crippen LogP contribution in [0, 0.1) is 13.8 Å². The van der Waals surface area contributed by atoms with Crippen LogP contribution >= 0.6 is 11.8 Å². The van der Waals surface area contributed by atoms with Crippen LogP contribution in [-0.4, -0.2) is 17.3 Å². The highest BCUT2D eigenvalue weighted by Gasteiger charge is 2.17. The van der Waals surface area contributed by atoms with Gasteiger partial charge in [-0.25, -0.2) is 0 Å². The van der Waals surface area contributed by atoms with Crippen molar-refractivity contribution in [1.82, 2.24) is 5.16 Å². The zero-order chi connectivity index (χ0) is 13.1. The number of hydrogen-bond donors (Lipinski definition) is 1. The molecular formula is C13H14N2O2S. The van der Waals surface area contributed by atoms with Crippen molar-refractivity contribution in [1.29, 1.82) is 0 Å². The number of hydrogen-bond acceptors (Lipinski definition) is 4. The lowest BCUT2D eigenvalue weighted by Gasteiger charge is -2.05. The van der Waals surface area contributed by atoms with E-state index in [-0.39, 0.29) is 5.91 Å². The Morgan fingerprint density at radius 1 is 1.28 bits per heavy atom. The van der Waals surface area contributed by atoms with Gasteiger partial charge in [-0.05, 0) is 44.4 Å². The number of rotatable bonds is 3. The van der Waals surface area contributed by atoms with Gasteiger partial charge in [0.1, 0.15) is 11.3 Å². The standard InChI is InChI=1S/C13H14N2O2S/c1-8-12(9(2)17-15-8)13(16)14-10-4-6-11(18-3)7-5-10/h4-7H,1-3H3,(H,14,16). The number of amides is 1. The molecule has 1 aromatic carbocycles. The van der Waals surface area contributed by atoms with Gasteiger partial charge in [0, 0.05) is 10.6 Å². The lowest BCUT2D eigenvalue weighted by Crippen LogP contribution is -2.13. The Hall–Kier alpha value is -1.75. The van der Waals surface area contributed by atoms with Crippen LogP contribution in [0.2, 0.25) is 0 Å². The van der Waals surface area contributed by atoms with Crippen LogP contribution in [0.4, 0.5) is 5.69 Å². The molecule has 94 valence electrons. The average Bonchev–Trinajstić information content (AvgIpc) is 2.70. The summed E-state index contributed by atoms with van der Waals surface area (Å²) in [5, 5.41) is 6.60. The topological polar surface area (TPSA) is 55.1 Å². The summed E-state index contributed by atoms with van der Waals surface area (Å²) in [5.41, 5.74) is 1.87. The second-order valence-corrected chi connectivity index (χ2v) is 4.76.